The molecule has 0 spiro atoms. The molecule has 2 heterocycles. The number of nitrogens with zero attached hydrogens (tertiary/aromatic N) is 2. The van der Waals surface area contributed by atoms with Crippen LogP contribution < -0.4 is 4.74 Å². The summed E-state index contributed by atoms with van der Waals surface area (Å²) in [7, 11) is 0. The van der Waals surface area contributed by atoms with Crippen molar-refractivity contribution in [3.63, 3.8) is 0 Å². The second-order valence-corrected chi connectivity index (χ2v) is 6.17. The molecule has 6 nitrogen and oxygen atoms in total. The third kappa shape index (κ3) is 4.02. The van der Waals surface area contributed by atoms with Crippen LogP contribution in [0.4, 0.5) is 0 Å². The molecule has 6 heteroatoms. The summed E-state index contributed by atoms with van der Waals surface area (Å²) in [4.78, 5) is 28.2. The first-order chi connectivity index (χ1) is 12.0. The van der Waals surface area contributed by atoms with Crippen LogP contribution in [-0.4, -0.2) is 53.9 Å². The minimum Gasteiger partial charge on any atom is -0.481 e. The number of rotatable bonds is 4. The van der Waals surface area contributed by atoms with Crippen LogP contribution in [0.5, 0.6) is 5.75 Å². The highest BCUT2D eigenvalue weighted by Crippen LogP contribution is 2.15. The fourth-order valence-corrected chi connectivity index (χ4v) is 2.81. The summed E-state index contributed by atoms with van der Waals surface area (Å²) >= 11 is 0. The fraction of sp³-hybridized carbons (Fsp3) is 0.368. The first kappa shape index (κ1) is 17.1. The van der Waals surface area contributed by atoms with E-state index in [2.05, 4.69) is 0 Å². The monoisotopic (exact) mass is 342 g/mol. The largest absolute Gasteiger partial charge is 0.481 e. The number of aryl methyl sites for hydroxylation is 1. The molecule has 1 aliphatic heterocycles. The second kappa shape index (κ2) is 7.42. The number of ether oxygens (including phenoxy) is 1. The molecule has 1 unspecified atom stereocenters. The molecule has 1 fully saturated rings. The zero-order valence-corrected chi connectivity index (χ0v) is 14.5. The van der Waals surface area contributed by atoms with Crippen LogP contribution in [0.25, 0.3) is 0 Å². The van der Waals surface area contributed by atoms with Gasteiger partial charge >= 0.3 is 0 Å². The normalized spacial score (nSPS) is 15.8. The Balaban J connectivity index is 1.52. The van der Waals surface area contributed by atoms with Gasteiger partial charge in [-0.05, 0) is 38.1 Å². The summed E-state index contributed by atoms with van der Waals surface area (Å²) in [6, 6.07) is 11.0. The first-order valence-electron chi connectivity index (χ1n) is 8.39. The maximum Gasteiger partial charge on any atom is 0.289 e. The molecular weight excluding hydrogens is 320 g/mol. The van der Waals surface area contributed by atoms with E-state index in [1.165, 1.54) is 6.26 Å². The number of carbonyl (C=O) groups excluding carboxylic acids is 2. The van der Waals surface area contributed by atoms with E-state index in [0.717, 1.165) is 5.56 Å². The van der Waals surface area contributed by atoms with Gasteiger partial charge in [0.05, 0.1) is 6.26 Å². The van der Waals surface area contributed by atoms with Gasteiger partial charge in [-0.3, -0.25) is 9.59 Å². The van der Waals surface area contributed by atoms with Crippen LogP contribution in [0, 0.1) is 6.92 Å². The zero-order valence-electron chi connectivity index (χ0n) is 14.5. The molecule has 2 aromatic rings. The number of furan rings is 1. The maximum atomic E-state index is 12.6. The standard InChI is InChI=1S/C19H22N2O4/c1-14-5-7-16(8-6-14)25-15(2)18(22)20-9-11-21(12-10-20)19(23)17-4-3-13-24-17/h3-8,13,15H,9-12H2,1-2H3. The van der Waals surface area contributed by atoms with E-state index in [4.69, 9.17) is 9.15 Å². The Morgan fingerprint density at radius 2 is 1.68 bits per heavy atom. The van der Waals surface area contributed by atoms with Crippen molar-refractivity contribution >= 4 is 11.8 Å². The van der Waals surface area contributed by atoms with Gasteiger partial charge in [0.1, 0.15) is 5.75 Å². The summed E-state index contributed by atoms with van der Waals surface area (Å²) < 4.78 is 10.9. The molecule has 3 rings (SSSR count). The Morgan fingerprint density at radius 1 is 1.04 bits per heavy atom. The number of amides is 2. The predicted molar refractivity (Wildman–Crippen MR) is 92.5 cm³/mol. The van der Waals surface area contributed by atoms with Gasteiger partial charge in [-0.15, -0.1) is 0 Å². The van der Waals surface area contributed by atoms with Crippen molar-refractivity contribution in [1.82, 2.24) is 9.80 Å². The van der Waals surface area contributed by atoms with Crippen LogP contribution in [0.2, 0.25) is 0 Å². The summed E-state index contributed by atoms with van der Waals surface area (Å²) in [5.41, 5.74) is 1.14. The Morgan fingerprint density at radius 3 is 2.28 bits per heavy atom. The average Bonchev–Trinajstić information content (AvgIpc) is 3.17. The fourth-order valence-electron chi connectivity index (χ4n) is 2.81. The van der Waals surface area contributed by atoms with E-state index >= 15 is 0 Å². The van der Waals surface area contributed by atoms with Crippen LogP contribution in [0.15, 0.2) is 47.1 Å². The van der Waals surface area contributed by atoms with Gasteiger partial charge in [0.15, 0.2) is 11.9 Å². The van der Waals surface area contributed by atoms with Crippen molar-refractivity contribution in [3.05, 3.63) is 54.0 Å². The Bertz CT molecular complexity index is 716. The minimum atomic E-state index is -0.560. The van der Waals surface area contributed by atoms with Crippen molar-refractivity contribution in [3.8, 4) is 5.75 Å². The number of benzene rings is 1. The highest BCUT2D eigenvalue weighted by Gasteiger charge is 2.28. The lowest BCUT2D eigenvalue weighted by molar-refractivity contribution is -0.139. The van der Waals surface area contributed by atoms with E-state index in [9.17, 15) is 9.59 Å². The van der Waals surface area contributed by atoms with Gasteiger partial charge in [-0.2, -0.15) is 0 Å². The molecule has 0 bridgehead atoms. The molecule has 1 aromatic heterocycles. The van der Waals surface area contributed by atoms with Crippen LogP contribution in [0.3, 0.4) is 0 Å². The summed E-state index contributed by atoms with van der Waals surface area (Å²) in [6.07, 6.45) is 0.923. The van der Waals surface area contributed by atoms with Gasteiger partial charge in [0.25, 0.3) is 11.8 Å². The van der Waals surface area contributed by atoms with Gasteiger partial charge in [-0.1, -0.05) is 17.7 Å². The zero-order chi connectivity index (χ0) is 17.8. The second-order valence-electron chi connectivity index (χ2n) is 6.17. The van der Waals surface area contributed by atoms with Crippen molar-refractivity contribution in [2.24, 2.45) is 0 Å². The Labute approximate surface area is 147 Å². The number of hydrogen-bond acceptors (Lipinski definition) is 4. The smallest absolute Gasteiger partial charge is 0.289 e. The van der Waals surface area contributed by atoms with Crippen LogP contribution in [0.1, 0.15) is 23.0 Å². The summed E-state index contributed by atoms with van der Waals surface area (Å²) in [5.74, 6) is 0.806. The molecule has 2 amide bonds. The predicted octanol–water partition coefficient (Wildman–Crippen LogP) is 2.34. The third-order valence-electron chi connectivity index (χ3n) is 4.29. The third-order valence-corrected chi connectivity index (χ3v) is 4.29. The maximum absolute atomic E-state index is 12.6. The Hall–Kier alpha value is -2.76. The molecule has 25 heavy (non-hydrogen) atoms. The highest BCUT2D eigenvalue weighted by atomic mass is 16.5. The SMILES string of the molecule is Cc1ccc(OC(C)C(=O)N2CCN(C(=O)c3ccco3)CC2)cc1. The molecule has 132 valence electrons. The van der Waals surface area contributed by atoms with Crippen LogP contribution in [-0.2, 0) is 4.79 Å². The minimum absolute atomic E-state index is 0.0642. The van der Waals surface area contributed by atoms with Crippen molar-refractivity contribution in [2.45, 2.75) is 20.0 Å². The Kier molecular flexibility index (Phi) is 5.07. The topological polar surface area (TPSA) is 63.0 Å². The van der Waals surface area contributed by atoms with Crippen molar-refractivity contribution in [2.75, 3.05) is 26.2 Å². The van der Waals surface area contributed by atoms with Crippen molar-refractivity contribution < 1.29 is 18.7 Å². The summed E-state index contributed by atoms with van der Waals surface area (Å²) in [5, 5.41) is 0. The van der Waals surface area contributed by atoms with Gasteiger partial charge < -0.3 is 19.0 Å². The lowest BCUT2D eigenvalue weighted by Gasteiger charge is -2.35. The van der Waals surface area contributed by atoms with Crippen LogP contribution >= 0.6 is 0 Å². The lowest BCUT2D eigenvalue weighted by Crippen LogP contribution is -2.53. The average molecular weight is 342 g/mol. The molecule has 1 atom stereocenters. The molecule has 0 saturated carbocycles. The number of piperazine rings is 1. The molecule has 1 aliphatic rings. The molecule has 0 N–H and O–H groups in total. The van der Waals surface area contributed by atoms with E-state index in [-0.39, 0.29) is 11.8 Å². The lowest BCUT2D eigenvalue weighted by atomic mass is 10.2. The molecule has 1 aromatic carbocycles. The van der Waals surface area contributed by atoms with E-state index in [1.54, 1.807) is 28.9 Å². The van der Waals surface area contributed by atoms with E-state index in [1.807, 2.05) is 31.2 Å². The quantitative estimate of drug-likeness (QED) is 0.856. The summed E-state index contributed by atoms with van der Waals surface area (Å²) in [6.45, 7) is 5.72. The highest BCUT2D eigenvalue weighted by molar-refractivity contribution is 5.91. The molecule has 1 saturated heterocycles. The molecule has 0 aliphatic carbocycles. The van der Waals surface area contributed by atoms with E-state index in [0.29, 0.717) is 37.7 Å². The van der Waals surface area contributed by atoms with Gasteiger partial charge in [0.2, 0.25) is 0 Å². The molecular formula is C19H22N2O4. The van der Waals surface area contributed by atoms with Crippen molar-refractivity contribution in [1.29, 1.82) is 0 Å². The molecule has 0 radical (unpaired) electrons. The van der Waals surface area contributed by atoms with E-state index < -0.39 is 6.10 Å². The number of carbonyl (C=O) groups is 2. The first-order valence-corrected chi connectivity index (χ1v) is 8.39. The van der Waals surface area contributed by atoms with Gasteiger partial charge in [0, 0.05) is 26.2 Å². The van der Waals surface area contributed by atoms with Gasteiger partial charge in [-0.25, -0.2) is 0 Å². The number of hydrogen-bond donors (Lipinski definition) is 0.